The molecule has 2 rings (SSSR count). The molecule has 2 aromatic rings. The van der Waals surface area contributed by atoms with Crippen LogP contribution in [0, 0.1) is 6.92 Å². The highest BCUT2D eigenvalue weighted by Gasteiger charge is 2.17. The summed E-state index contributed by atoms with van der Waals surface area (Å²) in [6.07, 6.45) is 0. The highest BCUT2D eigenvalue weighted by Crippen LogP contribution is 2.23. The Bertz CT molecular complexity index is 574. The largest absolute Gasteiger partial charge is 0.493 e. The third kappa shape index (κ3) is 1.39. The summed E-state index contributed by atoms with van der Waals surface area (Å²) in [6.45, 7) is 1.81. The number of nitrogens with one attached hydrogen (secondary N) is 1. The van der Waals surface area contributed by atoms with E-state index in [2.05, 4.69) is 15.4 Å². The second-order valence-electron chi connectivity index (χ2n) is 3.51. The first kappa shape index (κ1) is 10.4. The van der Waals surface area contributed by atoms with Crippen molar-refractivity contribution in [2.75, 3.05) is 7.05 Å². The first-order valence-electron chi connectivity index (χ1n) is 4.80. The van der Waals surface area contributed by atoms with Crippen LogP contribution in [0.2, 0.25) is 0 Å². The predicted octanol–water partition coefficient (Wildman–Crippen LogP) is 0.342. The molecule has 0 saturated carbocycles. The molecule has 0 aliphatic carbocycles. The zero-order valence-corrected chi connectivity index (χ0v) is 9.27. The van der Waals surface area contributed by atoms with Crippen LogP contribution in [0.25, 0.3) is 10.9 Å². The van der Waals surface area contributed by atoms with Crippen LogP contribution in [0.15, 0.2) is 6.07 Å². The van der Waals surface area contributed by atoms with Crippen LogP contribution in [0.4, 0.5) is 0 Å². The summed E-state index contributed by atoms with van der Waals surface area (Å²) in [4.78, 5) is 15.4. The molecule has 0 unspecified atom stereocenters. The van der Waals surface area contributed by atoms with Crippen LogP contribution >= 0.6 is 0 Å². The van der Waals surface area contributed by atoms with Gasteiger partial charge in [-0.2, -0.15) is 5.10 Å². The smallest absolute Gasteiger partial charge is 0.272 e. The second kappa shape index (κ2) is 3.48. The molecule has 6 nitrogen and oxygen atoms in total. The zero-order chi connectivity index (χ0) is 11.9. The van der Waals surface area contributed by atoms with Gasteiger partial charge in [0.05, 0.1) is 11.2 Å². The molecule has 1 amide bonds. The third-order valence-corrected chi connectivity index (χ3v) is 2.43. The molecule has 0 spiro atoms. The Morgan fingerprint density at radius 2 is 2.25 bits per heavy atom. The van der Waals surface area contributed by atoms with Gasteiger partial charge in [-0.3, -0.25) is 9.48 Å². The summed E-state index contributed by atoms with van der Waals surface area (Å²) in [5, 5.41) is 16.9. The van der Waals surface area contributed by atoms with E-state index in [4.69, 9.17) is 0 Å². The average molecular weight is 220 g/mol. The van der Waals surface area contributed by atoms with Crippen molar-refractivity contribution < 1.29 is 9.90 Å². The molecular formula is C10H12N4O2. The fraction of sp³-hybridized carbons (Fsp3) is 0.300. The average Bonchev–Trinajstić information content (AvgIpc) is 2.52. The van der Waals surface area contributed by atoms with Crippen LogP contribution < -0.4 is 5.32 Å². The minimum atomic E-state index is -0.344. The van der Waals surface area contributed by atoms with Gasteiger partial charge in [-0.15, -0.1) is 0 Å². The van der Waals surface area contributed by atoms with Gasteiger partial charge >= 0.3 is 0 Å². The second-order valence-corrected chi connectivity index (χ2v) is 3.51. The summed E-state index contributed by atoms with van der Waals surface area (Å²) >= 11 is 0. The zero-order valence-electron chi connectivity index (χ0n) is 9.27. The Labute approximate surface area is 91.9 Å². The normalized spacial score (nSPS) is 10.7. The fourth-order valence-corrected chi connectivity index (χ4v) is 1.73. The van der Waals surface area contributed by atoms with E-state index in [1.165, 1.54) is 13.1 Å². The minimum Gasteiger partial charge on any atom is -0.493 e. The number of amides is 1. The number of fused-ring (bicyclic) bond motifs is 1. The number of rotatable bonds is 1. The third-order valence-electron chi connectivity index (χ3n) is 2.43. The quantitative estimate of drug-likeness (QED) is 0.726. The maximum atomic E-state index is 11.6. The van der Waals surface area contributed by atoms with Crippen molar-refractivity contribution in [2.24, 2.45) is 7.05 Å². The van der Waals surface area contributed by atoms with Crippen LogP contribution in [0.3, 0.4) is 0 Å². The first-order valence-corrected chi connectivity index (χ1v) is 4.80. The van der Waals surface area contributed by atoms with Crippen LogP contribution in [-0.4, -0.2) is 32.8 Å². The maximum Gasteiger partial charge on any atom is 0.272 e. The van der Waals surface area contributed by atoms with Gasteiger partial charge in [0.15, 0.2) is 5.69 Å². The van der Waals surface area contributed by atoms with E-state index in [1.807, 2.05) is 6.92 Å². The number of aromatic hydroxyl groups is 1. The molecule has 0 fully saturated rings. The first-order chi connectivity index (χ1) is 7.54. The topological polar surface area (TPSA) is 80.0 Å². The number of hydrogen-bond donors (Lipinski definition) is 2. The van der Waals surface area contributed by atoms with Crippen molar-refractivity contribution in [1.29, 1.82) is 0 Å². The van der Waals surface area contributed by atoms with Crippen LogP contribution in [0.5, 0.6) is 5.88 Å². The monoisotopic (exact) mass is 220 g/mol. The molecule has 0 radical (unpaired) electrons. The molecule has 0 aromatic carbocycles. The van der Waals surface area contributed by atoms with Gasteiger partial charge in [-0.05, 0) is 6.92 Å². The Kier molecular flexibility index (Phi) is 2.26. The highest BCUT2D eigenvalue weighted by molar-refractivity contribution is 6.04. The number of carbonyl (C=O) groups is 1. The van der Waals surface area contributed by atoms with Gasteiger partial charge < -0.3 is 10.4 Å². The molecule has 16 heavy (non-hydrogen) atoms. The molecule has 2 aromatic heterocycles. The molecule has 84 valence electrons. The van der Waals surface area contributed by atoms with Crippen LogP contribution in [0.1, 0.15) is 16.2 Å². The summed E-state index contributed by atoms with van der Waals surface area (Å²) in [6, 6.07) is 1.50. The lowest BCUT2D eigenvalue weighted by atomic mass is 10.2. The van der Waals surface area contributed by atoms with E-state index in [0.29, 0.717) is 5.52 Å². The molecule has 2 heterocycles. The number of hydrogen-bond acceptors (Lipinski definition) is 4. The van der Waals surface area contributed by atoms with Gasteiger partial charge in [0.25, 0.3) is 5.91 Å². The van der Waals surface area contributed by atoms with E-state index >= 15 is 0 Å². The lowest BCUT2D eigenvalue weighted by Crippen LogP contribution is -2.20. The fourth-order valence-electron chi connectivity index (χ4n) is 1.73. The standard InChI is InChI=1S/C10H12N4O2/c1-5-6-4-7(15)12-8(10(16)11-2)9(6)14(3)13-5/h4H,1-3H3,(H,11,16)(H,12,15). The molecule has 0 atom stereocenters. The molecule has 2 N–H and O–H groups in total. The highest BCUT2D eigenvalue weighted by atomic mass is 16.3. The molecule has 0 bridgehead atoms. The Balaban J connectivity index is 2.86. The van der Waals surface area contributed by atoms with Crippen molar-refractivity contribution in [3.63, 3.8) is 0 Å². The molecule has 0 aliphatic heterocycles. The molecule has 0 aliphatic rings. The van der Waals surface area contributed by atoms with Crippen molar-refractivity contribution in [1.82, 2.24) is 20.1 Å². The lowest BCUT2D eigenvalue weighted by Gasteiger charge is -2.03. The van der Waals surface area contributed by atoms with E-state index in [-0.39, 0.29) is 17.5 Å². The van der Waals surface area contributed by atoms with Crippen molar-refractivity contribution in [2.45, 2.75) is 6.92 Å². The SMILES string of the molecule is CNC(=O)c1nc(O)cc2c(C)nn(C)c12. The Morgan fingerprint density at radius 3 is 2.88 bits per heavy atom. The summed E-state index contributed by atoms with van der Waals surface area (Å²) in [7, 11) is 3.25. The van der Waals surface area contributed by atoms with E-state index < -0.39 is 0 Å². The van der Waals surface area contributed by atoms with E-state index in [1.54, 1.807) is 11.7 Å². The number of aryl methyl sites for hydroxylation is 2. The van der Waals surface area contributed by atoms with Crippen molar-refractivity contribution in [3.8, 4) is 5.88 Å². The number of aromatic nitrogens is 3. The van der Waals surface area contributed by atoms with Gasteiger partial charge in [0.2, 0.25) is 5.88 Å². The summed E-state index contributed by atoms with van der Waals surface area (Å²) < 4.78 is 1.58. The van der Waals surface area contributed by atoms with Gasteiger partial charge in [0, 0.05) is 25.5 Å². The lowest BCUT2D eigenvalue weighted by molar-refractivity contribution is 0.0958. The molecule has 0 saturated heterocycles. The number of pyridine rings is 1. The van der Waals surface area contributed by atoms with Crippen LogP contribution in [-0.2, 0) is 7.05 Å². The molecule has 6 heteroatoms. The molecular weight excluding hydrogens is 208 g/mol. The number of carbonyl (C=O) groups excluding carboxylic acids is 1. The van der Waals surface area contributed by atoms with Gasteiger partial charge in [0.1, 0.15) is 0 Å². The minimum absolute atomic E-state index is 0.179. The Hall–Kier alpha value is -2.11. The van der Waals surface area contributed by atoms with Crippen molar-refractivity contribution in [3.05, 3.63) is 17.5 Å². The number of nitrogens with zero attached hydrogens (tertiary/aromatic N) is 3. The van der Waals surface area contributed by atoms with Crippen molar-refractivity contribution >= 4 is 16.8 Å². The van der Waals surface area contributed by atoms with E-state index in [0.717, 1.165) is 11.1 Å². The predicted molar refractivity (Wildman–Crippen MR) is 58.3 cm³/mol. The van der Waals surface area contributed by atoms with Gasteiger partial charge in [-0.25, -0.2) is 4.98 Å². The summed E-state index contributed by atoms with van der Waals surface area (Å²) in [5.74, 6) is -0.522. The Morgan fingerprint density at radius 1 is 1.56 bits per heavy atom. The summed E-state index contributed by atoms with van der Waals surface area (Å²) in [5.41, 5.74) is 1.55. The maximum absolute atomic E-state index is 11.6. The van der Waals surface area contributed by atoms with E-state index in [9.17, 15) is 9.90 Å². The van der Waals surface area contributed by atoms with Gasteiger partial charge in [-0.1, -0.05) is 0 Å².